The average Bonchev–Trinajstić information content (AvgIpc) is 2.67. The summed E-state index contributed by atoms with van der Waals surface area (Å²) in [6, 6.07) is 6.65. The van der Waals surface area contributed by atoms with E-state index >= 15 is 0 Å². The molecule has 1 fully saturated rings. The molecule has 0 spiro atoms. The number of rotatable bonds is 7. The summed E-state index contributed by atoms with van der Waals surface area (Å²) in [5, 5.41) is 0.586. The predicted molar refractivity (Wildman–Crippen MR) is 107 cm³/mol. The first-order chi connectivity index (χ1) is 13.3. The summed E-state index contributed by atoms with van der Waals surface area (Å²) in [5.41, 5.74) is 5.15. The lowest BCUT2D eigenvalue weighted by Gasteiger charge is -2.31. The Hall–Kier alpha value is -2.28. The molecule has 2 N–H and O–H groups in total. The zero-order chi connectivity index (χ0) is 20.7. The molecule has 0 atom stereocenters. The highest BCUT2D eigenvalue weighted by molar-refractivity contribution is 6.30. The Morgan fingerprint density at radius 2 is 1.68 bits per heavy atom. The van der Waals surface area contributed by atoms with E-state index in [2.05, 4.69) is 0 Å². The Labute approximate surface area is 170 Å². The number of primary amides is 1. The lowest BCUT2D eigenvalue weighted by molar-refractivity contribution is -0.138. The molecule has 154 valence electrons. The normalized spacial score (nSPS) is 19.0. The molecule has 28 heavy (non-hydrogen) atoms. The molecule has 0 aliphatic heterocycles. The maximum absolute atomic E-state index is 12.3. The van der Waals surface area contributed by atoms with Crippen molar-refractivity contribution >= 4 is 29.5 Å². The van der Waals surface area contributed by atoms with E-state index in [0.29, 0.717) is 23.2 Å². The summed E-state index contributed by atoms with van der Waals surface area (Å²) in [7, 11) is 3.33. The van der Waals surface area contributed by atoms with Crippen LogP contribution >= 0.6 is 11.6 Å². The first-order valence-corrected chi connectivity index (χ1v) is 9.86. The van der Waals surface area contributed by atoms with E-state index in [1.54, 1.807) is 43.3 Å². The van der Waals surface area contributed by atoms with Gasteiger partial charge in [-0.25, -0.2) is 4.79 Å². The van der Waals surface area contributed by atoms with Crippen molar-refractivity contribution in [3.05, 3.63) is 29.3 Å². The number of carbonyl (C=O) groups excluding carboxylic acids is 3. The fourth-order valence-corrected chi connectivity index (χ4v) is 3.60. The van der Waals surface area contributed by atoms with Crippen molar-refractivity contribution in [1.82, 2.24) is 9.80 Å². The van der Waals surface area contributed by atoms with E-state index in [4.69, 9.17) is 22.1 Å². The number of amides is 3. The second-order valence-corrected chi connectivity index (χ2v) is 7.85. The van der Waals surface area contributed by atoms with Crippen LogP contribution in [0.5, 0.6) is 5.75 Å². The third kappa shape index (κ3) is 6.71. The SMILES string of the molecule is CN(CC[C@H]1CC[C@H](C(=O)N(C)CC(N)=O)CC1)C(=O)Oc1ccc(Cl)cc1. The van der Waals surface area contributed by atoms with Gasteiger partial charge in [0, 0.05) is 31.6 Å². The Balaban J connectivity index is 1.71. The Morgan fingerprint density at radius 1 is 1.07 bits per heavy atom. The quantitative estimate of drug-likeness (QED) is 0.749. The van der Waals surface area contributed by atoms with E-state index < -0.39 is 12.0 Å². The number of carbonyl (C=O) groups is 3. The first-order valence-electron chi connectivity index (χ1n) is 9.48. The van der Waals surface area contributed by atoms with Crippen molar-refractivity contribution in [1.29, 1.82) is 0 Å². The third-order valence-corrected chi connectivity index (χ3v) is 5.42. The van der Waals surface area contributed by atoms with Crippen molar-refractivity contribution in [3.63, 3.8) is 0 Å². The molecule has 8 heteroatoms. The van der Waals surface area contributed by atoms with E-state index in [-0.39, 0.29) is 18.4 Å². The molecule has 1 aliphatic carbocycles. The van der Waals surface area contributed by atoms with Gasteiger partial charge in [0.2, 0.25) is 11.8 Å². The third-order valence-electron chi connectivity index (χ3n) is 5.17. The van der Waals surface area contributed by atoms with Gasteiger partial charge in [-0.05, 0) is 62.3 Å². The highest BCUT2D eigenvalue weighted by Crippen LogP contribution is 2.32. The molecule has 3 amide bonds. The highest BCUT2D eigenvalue weighted by Gasteiger charge is 2.29. The number of nitrogens with zero attached hydrogens (tertiary/aromatic N) is 2. The number of halogens is 1. The zero-order valence-corrected chi connectivity index (χ0v) is 17.2. The standard InChI is InChI=1S/C20H28ClN3O4/c1-23(20(27)28-17-9-7-16(21)8-10-17)12-11-14-3-5-15(6-4-14)19(26)24(2)13-18(22)25/h7-10,14-15H,3-6,11-13H2,1-2H3,(H2,22,25)/t14-,15-. The smallest absolute Gasteiger partial charge is 0.410 e. The van der Waals surface area contributed by atoms with Crippen LogP contribution in [0.1, 0.15) is 32.1 Å². The van der Waals surface area contributed by atoms with Crippen molar-refractivity contribution in [2.45, 2.75) is 32.1 Å². The van der Waals surface area contributed by atoms with Crippen molar-refractivity contribution in [2.24, 2.45) is 17.6 Å². The summed E-state index contributed by atoms with van der Waals surface area (Å²) in [6.45, 7) is 0.552. The molecule has 1 aromatic carbocycles. The van der Waals surface area contributed by atoms with Crippen LogP contribution in [0.25, 0.3) is 0 Å². The van der Waals surface area contributed by atoms with Crippen molar-refractivity contribution in [2.75, 3.05) is 27.2 Å². The van der Waals surface area contributed by atoms with Crippen LogP contribution in [0.2, 0.25) is 5.02 Å². The maximum Gasteiger partial charge on any atom is 0.414 e. The van der Waals surface area contributed by atoms with Gasteiger partial charge < -0.3 is 20.3 Å². The monoisotopic (exact) mass is 409 g/mol. The number of benzene rings is 1. The van der Waals surface area contributed by atoms with Gasteiger partial charge in [0.1, 0.15) is 5.75 Å². The van der Waals surface area contributed by atoms with Crippen molar-refractivity contribution in [3.8, 4) is 5.75 Å². The number of hydrogen-bond donors (Lipinski definition) is 1. The minimum absolute atomic E-state index is 0.0130. The van der Waals surface area contributed by atoms with Crippen LogP contribution < -0.4 is 10.5 Å². The van der Waals surface area contributed by atoms with Crippen LogP contribution in [-0.4, -0.2) is 54.9 Å². The minimum Gasteiger partial charge on any atom is -0.410 e. The van der Waals surface area contributed by atoms with E-state index in [9.17, 15) is 14.4 Å². The lowest BCUT2D eigenvalue weighted by Crippen LogP contribution is -2.40. The second kappa shape index (κ2) is 10.3. The fraction of sp³-hybridized carbons (Fsp3) is 0.550. The van der Waals surface area contributed by atoms with Crippen molar-refractivity contribution < 1.29 is 19.1 Å². The lowest BCUT2D eigenvalue weighted by atomic mass is 9.80. The second-order valence-electron chi connectivity index (χ2n) is 7.41. The Bertz CT molecular complexity index is 687. The largest absolute Gasteiger partial charge is 0.414 e. The zero-order valence-electron chi connectivity index (χ0n) is 16.4. The van der Waals surface area contributed by atoms with Crippen LogP contribution in [0.3, 0.4) is 0 Å². The number of ether oxygens (including phenoxy) is 1. The van der Waals surface area contributed by atoms with Gasteiger partial charge in [0.25, 0.3) is 0 Å². The predicted octanol–water partition coefficient (Wildman–Crippen LogP) is 2.91. The fourth-order valence-electron chi connectivity index (χ4n) is 3.47. The first kappa shape index (κ1) is 22.0. The molecule has 0 aromatic heterocycles. The topological polar surface area (TPSA) is 92.9 Å². The Morgan fingerprint density at radius 3 is 2.25 bits per heavy atom. The maximum atomic E-state index is 12.3. The molecule has 7 nitrogen and oxygen atoms in total. The number of nitrogens with two attached hydrogens (primary N) is 1. The van der Waals surface area contributed by atoms with Gasteiger partial charge >= 0.3 is 6.09 Å². The summed E-state index contributed by atoms with van der Waals surface area (Å²) in [6.07, 6.45) is 3.92. The molecule has 1 aliphatic rings. The molecule has 0 saturated heterocycles. The number of likely N-dealkylation sites (N-methyl/N-ethyl adjacent to an activating group) is 1. The van der Waals surface area contributed by atoms with Crippen LogP contribution in [0.4, 0.5) is 4.79 Å². The molecule has 1 aromatic rings. The average molecular weight is 410 g/mol. The molecule has 1 saturated carbocycles. The molecule has 2 rings (SSSR count). The van der Waals surface area contributed by atoms with Gasteiger partial charge in [-0.1, -0.05) is 11.6 Å². The highest BCUT2D eigenvalue weighted by atomic mass is 35.5. The van der Waals surface area contributed by atoms with Gasteiger partial charge in [-0.2, -0.15) is 0 Å². The van der Waals surface area contributed by atoms with E-state index in [0.717, 1.165) is 32.1 Å². The van der Waals surface area contributed by atoms with Crippen LogP contribution in [0.15, 0.2) is 24.3 Å². The summed E-state index contributed by atoms with van der Waals surface area (Å²) < 4.78 is 5.32. The van der Waals surface area contributed by atoms with Gasteiger partial charge in [0.15, 0.2) is 0 Å². The summed E-state index contributed by atoms with van der Waals surface area (Å²) in [4.78, 5) is 38.4. The van der Waals surface area contributed by atoms with Gasteiger partial charge in [0.05, 0.1) is 6.54 Å². The molecule has 0 bridgehead atoms. The van der Waals surface area contributed by atoms with E-state index in [1.807, 2.05) is 0 Å². The molecular weight excluding hydrogens is 382 g/mol. The summed E-state index contributed by atoms with van der Waals surface area (Å²) >= 11 is 5.82. The van der Waals surface area contributed by atoms with Crippen LogP contribution in [-0.2, 0) is 9.59 Å². The number of hydrogen-bond acceptors (Lipinski definition) is 4. The van der Waals surface area contributed by atoms with Gasteiger partial charge in [-0.3, -0.25) is 9.59 Å². The van der Waals surface area contributed by atoms with Gasteiger partial charge in [-0.15, -0.1) is 0 Å². The minimum atomic E-state index is -0.502. The summed E-state index contributed by atoms with van der Waals surface area (Å²) in [5.74, 6) is 0.365. The molecule has 0 unspecified atom stereocenters. The molecule has 0 heterocycles. The van der Waals surface area contributed by atoms with Crippen LogP contribution in [0, 0.1) is 11.8 Å². The Kier molecular flexibility index (Phi) is 8.11. The van der Waals surface area contributed by atoms with E-state index in [1.165, 1.54) is 4.90 Å². The molecule has 0 radical (unpaired) electrons. The molecular formula is C20H28ClN3O4.